The molecule has 1 nitrogen and oxygen atoms in total. The summed E-state index contributed by atoms with van der Waals surface area (Å²) >= 11 is 0. The number of hydrogen-bond acceptors (Lipinski definition) is 1. The van der Waals surface area contributed by atoms with E-state index in [1.54, 1.807) is 6.92 Å². The van der Waals surface area contributed by atoms with Gasteiger partial charge < -0.3 is 10.9 Å². The molecule has 0 saturated carbocycles. The van der Waals surface area contributed by atoms with Gasteiger partial charge in [-0.2, -0.15) is 0 Å². The molecule has 50 valence electrons. The molecular weight excluding hydrogens is 110 g/mol. The second-order valence-electron chi connectivity index (χ2n) is 2.77. The fraction of sp³-hybridized carbons (Fsp3) is 0.625. The number of hydrogen-bond donors (Lipinski definition) is 0. The van der Waals surface area contributed by atoms with Crippen molar-refractivity contribution in [3.05, 3.63) is 0 Å². The van der Waals surface area contributed by atoms with Gasteiger partial charge in [0.1, 0.15) is 0 Å². The van der Waals surface area contributed by atoms with Crippen LogP contribution in [0.15, 0.2) is 4.99 Å². The van der Waals surface area contributed by atoms with Gasteiger partial charge in [-0.3, -0.25) is 5.92 Å². The molecule has 0 aromatic carbocycles. The molecule has 0 aromatic rings. The van der Waals surface area contributed by atoms with Gasteiger partial charge >= 0.3 is 0 Å². The average Bonchev–Trinajstić information content (AvgIpc) is 1.63. The first-order valence-electron chi connectivity index (χ1n) is 2.95. The van der Waals surface area contributed by atoms with Crippen molar-refractivity contribution in [1.82, 2.24) is 0 Å². The zero-order valence-electron chi connectivity index (χ0n) is 6.45. The summed E-state index contributed by atoms with van der Waals surface area (Å²) in [4.78, 5) is 4.02. The van der Waals surface area contributed by atoms with Gasteiger partial charge in [-0.25, -0.2) is 0 Å². The predicted octanol–water partition coefficient (Wildman–Crippen LogP) is 1.76. The van der Waals surface area contributed by atoms with Crippen molar-refractivity contribution >= 4 is 6.21 Å². The Morgan fingerprint density at radius 2 is 1.89 bits per heavy atom. The smallest absolute Gasteiger partial charge is 0.0316 e. The van der Waals surface area contributed by atoms with Crippen molar-refractivity contribution in [2.75, 3.05) is 0 Å². The monoisotopic (exact) mass is 122 g/mol. The summed E-state index contributed by atoms with van der Waals surface area (Å²) < 4.78 is 0. The molecular formula is C8H12N-. The predicted molar refractivity (Wildman–Crippen MR) is 40.6 cm³/mol. The maximum Gasteiger partial charge on any atom is 0.0316 e. The van der Waals surface area contributed by atoms with Gasteiger partial charge in [-0.05, 0) is 20.8 Å². The Balaban J connectivity index is 3.81. The van der Waals surface area contributed by atoms with Gasteiger partial charge in [0.15, 0.2) is 0 Å². The Labute approximate surface area is 57.2 Å². The Morgan fingerprint density at radius 1 is 1.33 bits per heavy atom. The second-order valence-corrected chi connectivity index (χ2v) is 2.77. The van der Waals surface area contributed by atoms with E-state index in [0.29, 0.717) is 0 Å². The standard InChI is InChI=1S/C8H12N/c1-5-6-7-9-8(2,3)4/h1-4H3/q-1. The van der Waals surface area contributed by atoms with Crippen LogP contribution in [-0.2, 0) is 0 Å². The van der Waals surface area contributed by atoms with Crippen LogP contribution in [0.2, 0.25) is 0 Å². The molecule has 0 aliphatic rings. The van der Waals surface area contributed by atoms with E-state index >= 15 is 0 Å². The summed E-state index contributed by atoms with van der Waals surface area (Å²) in [5.41, 5.74) is -0.0378. The lowest BCUT2D eigenvalue weighted by molar-refractivity contribution is 0.587. The van der Waals surface area contributed by atoms with E-state index in [1.807, 2.05) is 20.8 Å². The lowest BCUT2D eigenvalue weighted by Gasteiger charge is -2.13. The Kier molecular flexibility index (Phi) is 3.01. The third-order valence-corrected chi connectivity index (χ3v) is 0.572. The molecule has 0 aliphatic heterocycles. The van der Waals surface area contributed by atoms with E-state index in [0.717, 1.165) is 0 Å². The zero-order chi connectivity index (χ0) is 7.33. The van der Waals surface area contributed by atoms with Gasteiger partial charge in [0.05, 0.1) is 0 Å². The molecule has 0 aromatic heterocycles. The van der Waals surface area contributed by atoms with E-state index in [4.69, 9.17) is 0 Å². The quantitative estimate of drug-likeness (QED) is 0.264. The lowest BCUT2D eigenvalue weighted by atomic mass is 10.1. The zero-order valence-corrected chi connectivity index (χ0v) is 6.45. The lowest BCUT2D eigenvalue weighted by Crippen LogP contribution is -2.08. The van der Waals surface area contributed by atoms with Crippen LogP contribution in [0.5, 0.6) is 0 Å². The van der Waals surface area contributed by atoms with Crippen LogP contribution < -0.4 is 0 Å². The van der Waals surface area contributed by atoms with Gasteiger partial charge in [-0.1, -0.05) is 13.1 Å². The highest BCUT2D eigenvalue weighted by Gasteiger charge is 1.99. The van der Waals surface area contributed by atoms with Crippen LogP contribution >= 0.6 is 0 Å². The van der Waals surface area contributed by atoms with Crippen LogP contribution in [0, 0.1) is 11.8 Å². The Hall–Kier alpha value is -0.770. The van der Waals surface area contributed by atoms with Gasteiger partial charge in [0, 0.05) is 5.54 Å². The molecule has 0 bridgehead atoms. The SMILES string of the molecule is CC#C[C-]=NC(C)(C)C. The maximum atomic E-state index is 4.02. The maximum absolute atomic E-state index is 4.02. The molecule has 0 spiro atoms. The summed E-state index contributed by atoms with van der Waals surface area (Å²) in [6.07, 6.45) is 2.64. The fourth-order valence-corrected chi connectivity index (χ4v) is 0.252. The Morgan fingerprint density at radius 3 is 2.22 bits per heavy atom. The molecule has 0 N–H and O–H groups in total. The van der Waals surface area contributed by atoms with Crippen LogP contribution in [0.25, 0.3) is 0 Å². The minimum absolute atomic E-state index is 0.0378. The van der Waals surface area contributed by atoms with Crippen molar-refractivity contribution in [2.45, 2.75) is 33.2 Å². The van der Waals surface area contributed by atoms with E-state index in [-0.39, 0.29) is 5.54 Å². The van der Waals surface area contributed by atoms with Crippen LogP contribution in [0.4, 0.5) is 0 Å². The molecule has 0 fully saturated rings. The minimum Gasteiger partial charge on any atom is -0.381 e. The molecule has 0 amide bonds. The first kappa shape index (κ1) is 8.23. The number of aliphatic imine (C=N–C) groups is 1. The minimum atomic E-state index is -0.0378. The average molecular weight is 122 g/mol. The Bertz CT molecular complexity index is 150. The van der Waals surface area contributed by atoms with Crippen molar-refractivity contribution in [3.63, 3.8) is 0 Å². The van der Waals surface area contributed by atoms with E-state index in [1.165, 1.54) is 0 Å². The summed E-state index contributed by atoms with van der Waals surface area (Å²) in [6.45, 7) is 7.80. The first-order chi connectivity index (χ1) is 4.06. The summed E-state index contributed by atoms with van der Waals surface area (Å²) in [6, 6.07) is 0. The number of nitrogens with zero attached hydrogens (tertiary/aromatic N) is 1. The molecule has 0 heterocycles. The molecule has 1 heteroatoms. The largest absolute Gasteiger partial charge is 0.381 e. The van der Waals surface area contributed by atoms with Crippen molar-refractivity contribution in [2.24, 2.45) is 4.99 Å². The van der Waals surface area contributed by atoms with Crippen molar-refractivity contribution in [1.29, 1.82) is 0 Å². The highest BCUT2D eigenvalue weighted by Crippen LogP contribution is 2.03. The third-order valence-electron chi connectivity index (χ3n) is 0.572. The van der Waals surface area contributed by atoms with Crippen molar-refractivity contribution in [3.8, 4) is 11.8 Å². The van der Waals surface area contributed by atoms with Gasteiger partial charge in [-0.15, -0.1) is 0 Å². The van der Waals surface area contributed by atoms with E-state index in [9.17, 15) is 0 Å². The molecule has 9 heavy (non-hydrogen) atoms. The summed E-state index contributed by atoms with van der Waals surface area (Å²) in [7, 11) is 0. The molecule has 0 radical (unpaired) electrons. The summed E-state index contributed by atoms with van der Waals surface area (Å²) in [5.74, 6) is 5.32. The molecule has 0 saturated heterocycles. The third kappa shape index (κ3) is 7.23. The van der Waals surface area contributed by atoms with Gasteiger partial charge in [0.25, 0.3) is 0 Å². The van der Waals surface area contributed by atoms with Gasteiger partial charge in [0.2, 0.25) is 0 Å². The highest BCUT2D eigenvalue weighted by atomic mass is 14.8. The normalized spacial score (nSPS) is 11.1. The molecule has 0 atom stereocenters. The second kappa shape index (κ2) is 3.29. The molecule has 0 rings (SSSR count). The summed E-state index contributed by atoms with van der Waals surface area (Å²) in [5, 5.41) is 0. The van der Waals surface area contributed by atoms with Crippen molar-refractivity contribution < 1.29 is 0 Å². The first-order valence-corrected chi connectivity index (χ1v) is 2.95. The molecule has 0 unspecified atom stereocenters. The van der Waals surface area contributed by atoms with Crippen LogP contribution in [-0.4, -0.2) is 11.8 Å². The molecule has 0 aliphatic carbocycles. The van der Waals surface area contributed by atoms with E-state index in [2.05, 4.69) is 23.0 Å². The number of rotatable bonds is 0. The topological polar surface area (TPSA) is 12.4 Å². The van der Waals surface area contributed by atoms with Crippen LogP contribution in [0.1, 0.15) is 27.7 Å². The van der Waals surface area contributed by atoms with E-state index < -0.39 is 0 Å². The van der Waals surface area contributed by atoms with Crippen LogP contribution in [0.3, 0.4) is 0 Å². The highest BCUT2D eigenvalue weighted by molar-refractivity contribution is 5.78. The fourth-order valence-electron chi connectivity index (χ4n) is 0.252.